The third-order valence-electron chi connectivity index (χ3n) is 3.57. The van der Waals surface area contributed by atoms with Gasteiger partial charge in [0, 0.05) is 5.56 Å². The second-order valence-electron chi connectivity index (χ2n) is 5.17. The number of aryl methyl sites for hydroxylation is 2. The summed E-state index contributed by atoms with van der Waals surface area (Å²) in [5.74, 6) is 1.00. The van der Waals surface area contributed by atoms with Gasteiger partial charge in [0.05, 0.1) is 18.5 Å². The topological polar surface area (TPSA) is 42.4 Å². The van der Waals surface area contributed by atoms with Crippen LogP contribution in [0, 0.1) is 13.8 Å². The molecule has 0 radical (unpaired) electrons. The van der Waals surface area contributed by atoms with E-state index in [2.05, 4.69) is 11.9 Å². The average molecular weight is 265 g/mol. The summed E-state index contributed by atoms with van der Waals surface area (Å²) in [6, 6.07) is 0. The maximum atomic E-state index is 10.1. The van der Waals surface area contributed by atoms with Crippen LogP contribution in [-0.2, 0) is 6.42 Å². The van der Waals surface area contributed by atoms with Crippen molar-refractivity contribution < 1.29 is 9.84 Å². The van der Waals surface area contributed by atoms with Crippen LogP contribution in [0.4, 0.5) is 0 Å². The van der Waals surface area contributed by atoms with Crippen molar-refractivity contribution >= 4 is 0 Å². The van der Waals surface area contributed by atoms with Gasteiger partial charge in [-0.2, -0.15) is 0 Å². The van der Waals surface area contributed by atoms with Crippen LogP contribution in [0.2, 0.25) is 0 Å². The van der Waals surface area contributed by atoms with Crippen LogP contribution < -0.4 is 4.74 Å². The van der Waals surface area contributed by atoms with Gasteiger partial charge in [-0.05, 0) is 26.7 Å². The molecule has 0 aliphatic carbocycles. The van der Waals surface area contributed by atoms with Gasteiger partial charge in [-0.1, -0.05) is 39.0 Å². The van der Waals surface area contributed by atoms with E-state index in [1.165, 1.54) is 32.1 Å². The summed E-state index contributed by atoms with van der Waals surface area (Å²) < 4.78 is 5.26. The fourth-order valence-corrected chi connectivity index (χ4v) is 2.45. The van der Waals surface area contributed by atoms with Crippen molar-refractivity contribution in [3.8, 4) is 11.5 Å². The minimum atomic E-state index is 0.302. The third-order valence-corrected chi connectivity index (χ3v) is 3.57. The summed E-state index contributed by atoms with van der Waals surface area (Å²) in [7, 11) is 1.61. The monoisotopic (exact) mass is 265 g/mol. The lowest BCUT2D eigenvalue weighted by molar-refractivity contribution is 0.393. The van der Waals surface area contributed by atoms with Crippen molar-refractivity contribution in [3.05, 3.63) is 17.0 Å². The van der Waals surface area contributed by atoms with Crippen molar-refractivity contribution in [2.75, 3.05) is 7.11 Å². The maximum Gasteiger partial charge on any atom is 0.146 e. The third kappa shape index (κ3) is 4.41. The molecule has 0 aliphatic heterocycles. The highest BCUT2D eigenvalue weighted by Crippen LogP contribution is 2.32. The normalized spacial score (nSPS) is 10.7. The van der Waals surface area contributed by atoms with Crippen molar-refractivity contribution in [2.24, 2.45) is 0 Å². The Kier molecular flexibility index (Phi) is 6.68. The summed E-state index contributed by atoms with van der Waals surface area (Å²) in [6.45, 7) is 6.04. The summed E-state index contributed by atoms with van der Waals surface area (Å²) in [5, 5.41) is 10.1. The van der Waals surface area contributed by atoms with Crippen molar-refractivity contribution in [3.63, 3.8) is 0 Å². The Morgan fingerprint density at radius 1 is 1.05 bits per heavy atom. The molecule has 0 aliphatic rings. The molecule has 1 heterocycles. The van der Waals surface area contributed by atoms with Crippen molar-refractivity contribution in [1.82, 2.24) is 4.98 Å². The molecule has 0 fully saturated rings. The molecule has 3 heteroatoms. The zero-order valence-electron chi connectivity index (χ0n) is 12.8. The Labute approximate surface area is 117 Å². The Morgan fingerprint density at radius 3 is 2.32 bits per heavy atom. The summed E-state index contributed by atoms with van der Waals surface area (Å²) >= 11 is 0. The average Bonchev–Trinajstić information content (AvgIpc) is 2.39. The molecule has 1 aromatic rings. The number of nitrogens with zero attached hydrogens (tertiary/aromatic N) is 1. The number of pyridine rings is 1. The van der Waals surface area contributed by atoms with Crippen LogP contribution in [0.3, 0.4) is 0 Å². The van der Waals surface area contributed by atoms with Gasteiger partial charge in [-0.3, -0.25) is 4.98 Å². The molecule has 0 aromatic carbocycles. The van der Waals surface area contributed by atoms with Crippen LogP contribution in [0.1, 0.15) is 62.4 Å². The van der Waals surface area contributed by atoms with E-state index in [4.69, 9.17) is 4.74 Å². The van der Waals surface area contributed by atoms with Gasteiger partial charge in [-0.25, -0.2) is 0 Å². The zero-order chi connectivity index (χ0) is 14.3. The van der Waals surface area contributed by atoms with Crippen LogP contribution in [0.25, 0.3) is 0 Å². The molecule has 0 amide bonds. The number of hydrogen-bond donors (Lipinski definition) is 1. The van der Waals surface area contributed by atoms with Crippen molar-refractivity contribution in [2.45, 2.75) is 65.7 Å². The van der Waals surface area contributed by atoms with E-state index in [1.54, 1.807) is 7.11 Å². The SMILES string of the molecule is CCCCCCCCc1nc(C)c(OC)c(C)c1O. The predicted molar refractivity (Wildman–Crippen MR) is 79.0 cm³/mol. The fourth-order valence-electron chi connectivity index (χ4n) is 2.45. The van der Waals surface area contributed by atoms with Gasteiger partial charge in [0.2, 0.25) is 0 Å². The second kappa shape index (κ2) is 8.03. The zero-order valence-corrected chi connectivity index (χ0v) is 12.8. The highest BCUT2D eigenvalue weighted by atomic mass is 16.5. The molecule has 3 nitrogen and oxygen atoms in total. The number of aromatic nitrogens is 1. The first-order valence-corrected chi connectivity index (χ1v) is 7.34. The van der Waals surface area contributed by atoms with E-state index in [-0.39, 0.29) is 0 Å². The molecule has 0 saturated carbocycles. The van der Waals surface area contributed by atoms with E-state index in [0.717, 1.165) is 29.8 Å². The molecular weight excluding hydrogens is 238 g/mol. The quantitative estimate of drug-likeness (QED) is 0.712. The van der Waals surface area contributed by atoms with Gasteiger partial charge >= 0.3 is 0 Å². The highest BCUT2D eigenvalue weighted by molar-refractivity contribution is 5.47. The molecular formula is C16H27NO2. The molecule has 0 unspecified atom stereocenters. The van der Waals surface area contributed by atoms with Gasteiger partial charge < -0.3 is 9.84 Å². The van der Waals surface area contributed by atoms with Gasteiger partial charge in [-0.15, -0.1) is 0 Å². The Hall–Kier alpha value is -1.25. The Bertz CT molecular complexity index is 402. The summed E-state index contributed by atoms with van der Waals surface area (Å²) in [6.07, 6.45) is 8.35. The molecule has 0 bridgehead atoms. The Morgan fingerprint density at radius 2 is 1.68 bits per heavy atom. The molecule has 1 aromatic heterocycles. The minimum absolute atomic E-state index is 0.302. The first-order valence-electron chi connectivity index (χ1n) is 7.34. The first-order chi connectivity index (χ1) is 9.11. The lowest BCUT2D eigenvalue weighted by Crippen LogP contribution is -2.00. The van der Waals surface area contributed by atoms with Crippen LogP contribution in [0.15, 0.2) is 0 Å². The Balaban J connectivity index is 2.55. The van der Waals surface area contributed by atoms with Crippen LogP contribution in [0.5, 0.6) is 11.5 Å². The van der Waals surface area contributed by atoms with Crippen molar-refractivity contribution in [1.29, 1.82) is 0 Å². The van der Waals surface area contributed by atoms with E-state index in [1.807, 2.05) is 13.8 Å². The number of hydrogen-bond acceptors (Lipinski definition) is 3. The van der Waals surface area contributed by atoms with E-state index >= 15 is 0 Å². The fraction of sp³-hybridized carbons (Fsp3) is 0.688. The molecule has 0 atom stereocenters. The molecule has 108 valence electrons. The van der Waals surface area contributed by atoms with E-state index in [0.29, 0.717) is 11.5 Å². The predicted octanol–water partition coefficient (Wildman–Crippen LogP) is 4.32. The van der Waals surface area contributed by atoms with Crippen LogP contribution in [-0.4, -0.2) is 17.2 Å². The summed E-state index contributed by atoms with van der Waals surface area (Å²) in [5.41, 5.74) is 2.47. The minimum Gasteiger partial charge on any atom is -0.506 e. The van der Waals surface area contributed by atoms with Gasteiger partial charge in [0.25, 0.3) is 0 Å². The smallest absolute Gasteiger partial charge is 0.146 e. The van der Waals surface area contributed by atoms with Gasteiger partial charge in [0.1, 0.15) is 11.5 Å². The maximum absolute atomic E-state index is 10.1. The highest BCUT2D eigenvalue weighted by Gasteiger charge is 2.14. The number of ether oxygens (including phenoxy) is 1. The first kappa shape index (κ1) is 15.8. The second-order valence-corrected chi connectivity index (χ2v) is 5.17. The molecule has 0 saturated heterocycles. The van der Waals surface area contributed by atoms with E-state index in [9.17, 15) is 5.11 Å². The standard InChI is InChI=1S/C16H27NO2/c1-5-6-7-8-9-10-11-14-15(18)12(2)16(19-4)13(3)17-14/h18H,5-11H2,1-4H3. The molecule has 1 rings (SSSR count). The molecule has 1 N–H and O–H groups in total. The lowest BCUT2D eigenvalue weighted by Gasteiger charge is -2.13. The number of aromatic hydroxyl groups is 1. The number of unbranched alkanes of at least 4 members (excludes halogenated alkanes) is 5. The van der Waals surface area contributed by atoms with E-state index < -0.39 is 0 Å². The summed E-state index contributed by atoms with van der Waals surface area (Å²) in [4.78, 5) is 4.46. The number of rotatable bonds is 8. The number of methoxy groups -OCH3 is 1. The lowest BCUT2D eigenvalue weighted by atomic mass is 10.1. The molecule has 19 heavy (non-hydrogen) atoms. The molecule has 0 spiro atoms. The van der Waals surface area contributed by atoms with Gasteiger partial charge in [0.15, 0.2) is 0 Å². The van der Waals surface area contributed by atoms with Crippen LogP contribution >= 0.6 is 0 Å². The largest absolute Gasteiger partial charge is 0.506 e.